The second-order valence-electron chi connectivity index (χ2n) is 7.90. The molecule has 1 atom stereocenters. The lowest BCUT2D eigenvalue weighted by molar-refractivity contribution is 0.0696. The summed E-state index contributed by atoms with van der Waals surface area (Å²) >= 11 is 1.65. The molecular weight excluding hydrogens is 382 g/mol. The number of para-hydroxylation sites is 2. The number of ether oxygens (including phenoxy) is 1. The molecule has 2 aliphatic heterocycles. The Kier molecular flexibility index (Phi) is 6.92. The van der Waals surface area contributed by atoms with Crippen LogP contribution in [0.3, 0.4) is 0 Å². The molecule has 1 fully saturated rings. The van der Waals surface area contributed by atoms with Crippen LogP contribution in [0.2, 0.25) is 0 Å². The van der Waals surface area contributed by atoms with Gasteiger partial charge in [-0.15, -0.1) is 11.3 Å². The van der Waals surface area contributed by atoms with Crippen LogP contribution in [0.25, 0.3) is 0 Å². The number of aromatic nitrogens is 1. The number of benzene rings is 1. The summed E-state index contributed by atoms with van der Waals surface area (Å²) in [6.07, 6.45) is 4.40. The zero-order valence-corrected chi connectivity index (χ0v) is 18.2. The molecule has 1 saturated heterocycles. The van der Waals surface area contributed by atoms with E-state index in [2.05, 4.69) is 39.3 Å². The van der Waals surface area contributed by atoms with Crippen LogP contribution in [0.5, 0.6) is 0 Å². The number of hydrogen-bond acceptors (Lipinski definition) is 7. The van der Waals surface area contributed by atoms with E-state index >= 15 is 0 Å². The standard InChI is InChI=1S/C22H31N5OS/c1-26-12-13-27(15-17(26)10-14-28-2)11-6-5-9-20-21-22(29-16-23-21)25-19-8-4-3-7-18(19)24-20/h3-4,7-8,16-17,25H,5-6,9-15H2,1-2H3. The van der Waals surface area contributed by atoms with Gasteiger partial charge in [0.15, 0.2) is 0 Å². The van der Waals surface area contributed by atoms with Crippen molar-refractivity contribution < 1.29 is 4.74 Å². The highest BCUT2D eigenvalue weighted by Crippen LogP contribution is 2.36. The van der Waals surface area contributed by atoms with Crippen LogP contribution in [0, 0.1) is 0 Å². The van der Waals surface area contributed by atoms with Gasteiger partial charge in [-0.2, -0.15) is 0 Å². The zero-order chi connectivity index (χ0) is 20.1. The van der Waals surface area contributed by atoms with Crippen LogP contribution in [0.1, 0.15) is 31.4 Å². The van der Waals surface area contributed by atoms with E-state index in [0.29, 0.717) is 6.04 Å². The molecule has 2 aliphatic rings. The molecule has 1 unspecified atom stereocenters. The summed E-state index contributed by atoms with van der Waals surface area (Å²) in [6, 6.07) is 8.85. The lowest BCUT2D eigenvalue weighted by atomic mass is 10.1. The van der Waals surface area contributed by atoms with E-state index in [1.54, 1.807) is 18.4 Å². The molecular formula is C22H31N5OS. The number of piperazine rings is 1. The average Bonchev–Trinajstić information content (AvgIpc) is 3.14. The maximum Gasteiger partial charge on any atom is 0.122 e. The zero-order valence-electron chi connectivity index (χ0n) is 17.4. The van der Waals surface area contributed by atoms with Gasteiger partial charge in [0, 0.05) is 39.4 Å². The molecule has 0 spiro atoms. The quantitative estimate of drug-likeness (QED) is 0.659. The van der Waals surface area contributed by atoms with Crippen LogP contribution in [-0.4, -0.2) is 73.5 Å². The average molecular weight is 414 g/mol. The highest BCUT2D eigenvalue weighted by molar-refractivity contribution is 7.14. The number of unbranched alkanes of at least 4 members (excludes halogenated alkanes) is 1. The van der Waals surface area contributed by atoms with Gasteiger partial charge in [0.05, 0.1) is 22.6 Å². The van der Waals surface area contributed by atoms with Crippen LogP contribution in [-0.2, 0) is 4.74 Å². The van der Waals surface area contributed by atoms with Crippen molar-refractivity contribution in [3.05, 3.63) is 35.5 Å². The first-order chi connectivity index (χ1) is 14.2. The third kappa shape index (κ3) is 5.04. The number of likely N-dealkylation sites (N-methyl/N-ethyl adjacent to an activating group) is 1. The highest BCUT2D eigenvalue weighted by atomic mass is 32.1. The van der Waals surface area contributed by atoms with Crippen molar-refractivity contribution in [2.24, 2.45) is 4.99 Å². The fourth-order valence-electron chi connectivity index (χ4n) is 4.12. The largest absolute Gasteiger partial charge is 0.385 e. The van der Waals surface area contributed by atoms with Gasteiger partial charge >= 0.3 is 0 Å². The fraction of sp³-hybridized carbons (Fsp3) is 0.545. The van der Waals surface area contributed by atoms with E-state index in [9.17, 15) is 0 Å². The molecule has 0 radical (unpaired) electrons. The van der Waals surface area contributed by atoms with E-state index in [1.807, 2.05) is 17.6 Å². The van der Waals surface area contributed by atoms with Crippen molar-refractivity contribution in [1.29, 1.82) is 0 Å². The normalized spacial score (nSPS) is 19.8. The maximum absolute atomic E-state index is 5.28. The van der Waals surface area contributed by atoms with E-state index in [4.69, 9.17) is 9.73 Å². The molecule has 1 N–H and O–H groups in total. The molecule has 156 valence electrons. The Morgan fingerprint density at radius 3 is 3.03 bits per heavy atom. The number of hydrogen-bond donors (Lipinski definition) is 1. The van der Waals surface area contributed by atoms with Gasteiger partial charge in [-0.25, -0.2) is 9.98 Å². The smallest absolute Gasteiger partial charge is 0.122 e. The first-order valence-corrected chi connectivity index (χ1v) is 11.4. The molecule has 0 bridgehead atoms. The van der Waals surface area contributed by atoms with Crippen molar-refractivity contribution in [3.63, 3.8) is 0 Å². The van der Waals surface area contributed by atoms with Crippen molar-refractivity contribution >= 4 is 33.4 Å². The summed E-state index contributed by atoms with van der Waals surface area (Å²) in [5.74, 6) is 0. The molecule has 2 aromatic rings. The monoisotopic (exact) mass is 413 g/mol. The van der Waals surface area contributed by atoms with Crippen LogP contribution in [0.4, 0.5) is 16.4 Å². The summed E-state index contributed by atoms with van der Waals surface area (Å²) < 4.78 is 5.28. The van der Waals surface area contributed by atoms with Gasteiger partial charge < -0.3 is 19.9 Å². The van der Waals surface area contributed by atoms with E-state index in [1.165, 1.54) is 6.42 Å². The summed E-state index contributed by atoms with van der Waals surface area (Å²) in [7, 11) is 4.03. The van der Waals surface area contributed by atoms with E-state index in [0.717, 1.165) is 79.8 Å². The number of thiazole rings is 1. The number of aliphatic imine (C=N–C) groups is 1. The molecule has 6 nitrogen and oxygen atoms in total. The topological polar surface area (TPSA) is 53.0 Å². The van der Waals surface area contributed by atoms with E-state index < -0.39 is 0 Å². The minimum atomic E-state index is 0.607. The number of fused-ring (bicyclic) bond motifs is 2. The first kappa shape index (κ1) is 20.5. The fourth-order valence-corrected chi connectivity index (χ4v) is 4.83. The van der Waals surface area contributed by atoms with Crippen LogP contribution < -0.4 is 5.32 Å². The Morgan fingerprint density at radius 1 is 1.24 bits per heavy atom. The van der Waals surface area contributed by atoms with Crippen LogP contribution >= 0.6 is 11.3 Å². The number of anilines is 2. The Morgan fingerprint density at radius 2 is 2.14 bits per heavy atom. The molecule has 1 aromatic heterocycles. The lowest BCUT2D eigenvalue weighted by Gasteiger charge is -2.39. The van der Waals surface area contributed by atoms with Crippen molar-refractivity contribution in [1.82, 2.24) is 14.8 Å². The van der Waals surface area contributed by atoms with Crippen molar-refractivity contribution in [3.8, 4) is 0 Å². The molecule has 0 aliphatic carbocycles. The molecule has 29 heavy (non-hydrogen) atoms. The number of nitrogens with zero attached hydrogens (tertiary/aromatic N) is 4. The minimum absolute atomic E-state index is 0.607. The highest BCUT2D eigenvalue weighted by Gasteiger charge is 2.24. The third-order valence-corrected chi connectivity index (χ3v) is 6.64. The van der Waals surface area contributed by atoms with Crippen molar-refractivity contribution in [2.75, 3.05) is 52.3 Å². The molecule has 1 aromatic carbocycles. The Bertz CT molecular complexity index is 836. The Balaban J connectivity index is 1.32. The van der Waals surface area contributed by atoms with Gasteiger partial charge in [0.25, 0.3) is 0 Å². The number of rotatable bonds is 8. The predicted molar refractivity (Wildman–Crippen MR) is 121 cm³/mol. The van der Waals surface area contributed by atoms with Crippen LogP contribution in [0.15, 0.2) is 34.8 Å². The van der Waals surface area contributed by atoms with E-state index in [-0.39, 0.29) is 0 Å². The van der Waals surface area contributed by atoms with Crippen molar-refractivity contribution in [2.45, 2.75) is 31.7 Å². The molecule has 0 saturated carbocycles. The summed E-state index contributed by atoms with van der Waals surface area (Å²) in [5.41, 5.74) is 6.10. The SMILES string of the molecule is COCCC1CN(CCCCC2=Nc3ccccc3Nc3scnc32)CCN1C. The molecule has 0 amide bonds. The second-order valence-corrected chi connectivity index (χ2v) is 8.76. The molecule has 4 rings (SSSR count). The summed E-state index contributed by atoms with van der Waals surface area (Å²) in [4.78, 5) is 14.6. The molecule has 7 heteroatoms. The predicted octanol–water partition coefficient (Wildman–Crippen LogP) is 4.14. The third-order valence-electron chi connectivity index (χ3n) is 5.90. The Labute approximate surface area is 177 Å². The van der Waals surface area contributed by atoms with Gasteiger partial charge in [-0.05, 0) is 51.4 Å². The summed E-state index contributed by atoms with van der Waals surface area (Å²) in [5, 5.41) is 4.60. The lowest BCUT2D eigenvalue weighted by Crippen LogP contribution is -2.51. The minimum Gasteiger partial charge on any atom is -0.385 e. The van der Waals surface area contributed by atoms with Gasteiger partial charge in [-0.1, -0.05) is 12.1 Å². The molecule has 3 heterocycles. The van der Waals surface area contributed by atoms with Gasteiger partial charge in [-0.3, -0.25) is 0 Å². The number of nitrogens with one attached hydrogen (secondary N) is 1. The summed E-state index contributed by atoms with van der Waals surface area (Å²) in [6.45, 7) is 5.45. The number of methoxy groups -OCH3 is 1. The maximum atomic E-state index is 5.28. The Hall–Kier alpha value is -1.80. The first-order valence-electron chi connectivity index (χ1n) is 10.5. The van der Waals surface area contributed by atoms with Gasteiger partial charge in [0.2, 0.25) is 0 Å². The second kappa shape index (κ2) is 9.80. The van der Waals surface area contributed by atoms with Gasteiger partial charge in [0.1, 0.15) is 10.7 Å².